The molecule has 0 amide bonds. The first-order valence-electron chi connectivity index (χ1n) is 3.21. The second kappa shape index (κ2) is 2.38. The van der Waals surface area contributed by atoms with Crippen molar-refractivity contribution in [1.82, 2.24) is 4.98 Å². The maximum absolute atomic E-state index is 5.47. The van der Waals surface area contributed by atoms with Gasteiger partial charge in [0.2, 0.25) is 0 Å². The van der Waals surface area contributed by atoms with E-state index in [2.05, 4.69) is 25.8 Å². The molecule has 1 nitrogen and oxygen atoms in total. The van der Waals surface area contributed by atoms with Gasteiger partial charge in [0.25, 0.3) is 0 Å². The molecule has 1 heterocycles. The van der Waals surface area contributed by atoms with Crippen LogP contribution in [0, 0.1) is 0 Å². The molecule has 0 atom stereocenters. The first-order chi connectivity index (χ1) is 4.50. The maximum Gasteiger partial charge on any atom is 0.142 e. The molecule has 52 valence electrons. The van der Waals surface area contributed by atoms with Crippen LogP contribution in [0.2, 0.25) is 0 Å². The third-order valence-corrected chi connectivity index (χ3v) is 2.45. The van der Waals surface area contributed by atoms with Gasteiger partial charge in [0.1, 0.15) is 7.85 Å². The van der Waals surface area contributed by atoms with Crippen molar-refractivity contribution in [2.24, 2.45) is 0 Å². The number of thiazole rings is 1. The van der Waals surface area contributed by atoms with Crippen LogP contribution in [0.3, 0.4) is 0 Å². The molecule has 1 aromatic heterocycles. The fourth-order valence-corrected chi connectivity index (χ4v) is 1.43. The second-order valence-corrected chi connectivity index (χ2v) is 4.19. The van der Waals surface area contributed by atoms with Gasteiger partial charge in [0.05, 0.1) is 5.01 Å². The largest absolute Gasteiger partial charge is 0.257 e. The number of rotatable bonds is 0. The van der Waals surface area contributed by atoms with Crippen molar-refractivity contribution in [3.63, 3.8) is 0 Å². The highest BCUT2D eigenvalue weighted by Gasteiger charge is 2.16. The molecule has 0 saturated heterocycles. The molecule has 0 aliphatic rings. The highest BCUT2D eigenvalue weighted by atomic mass is 32.1. The zero-order valence-electron chi connectivity index (χ0n) is 6.51. The molecular weight excluding hydrogens is 141 g/mol. The quantitative estimate of drug-likeness (QED) is 0.508. The number of hydrogen-bond donors (Lipinski definition) is 0. The van der Waals surface area contributed by atoms with E-state index in [0.717, 1.165) is 5.01 Å². The first kappa shape index (κ1) is 7.80. The molecule has 1 aromatic rings. The van der Waals surface area contributed by atoms with E-state index in [1.165, 1.54) is 0 Å². The Bertz CT molecular complexity index is 224. The Balaban J connectivity index is 2.96. The molecule has 10 heavy (non-hydrogen) atoms. The summed E-state index contributed by atoms with van der Waals surface area (Å²) in [6.45, 7) is 6.39. The summed E-state index contributed by atoms with van der Waals surface area (Å²) in [4.78, 5) is 4.18. The van der Waals surface area contributed by atoms with Crippen LogP contribution in [-0.4, -0.2) is 12.8 Å². The molecule has 2 radical (unpaired) electrons. The van der Waals surface area contributed by atoms with Crippen molar-refractivity contribution in [2.45, 2.75) is 26.2 Å². The molecule has 0 aromatic carbocycles. The monoisotopic (exact) mass is 151 g/mol. The minimum absolute atomic E-state index is 0.141. The molecular formula is C7H10BNS. The summed E-state index contributed by atoms with van der Waals surface area (Å²) < 4.78 is 0. The van der Waals surface area contributed by atoms with Gasteiger partial charge >= 0.3 is 0 Å². The van der Waals surface area contributed by atoms with Crippen LogP contribution >= 0.6 is 11.3 Å². The number of nitrogens with zero attached hydrogens (tertiary/aromatic N) is 1. The minimum Gasteiger partial charge on any atom is -0.257 e. The second-order valence-electron chi connectivity index (χ2n) is 3.33. The molecule has 0 aliphatic heterocycles. The summed E-state index contributed by atoms with van der Waals surface area (Å²) in [6, 6.07) is 0. The SMILES string of the molecule is [B]c1csc(C(C)(C)C)n1. The molecule has 0 N–H and O–H groups in total. The molecule has 1 rings (SSSR count). The van der Waals surface area contributed by atoms with Crippen molar-refractivity contribution in [3.8, 4) is 0 Å². The molecule has 0 aliphatic carbocycles. The highest BCUT2D eigenvalue weighted by Crippen LogP contribution is 2.22. The van der Waals surface area contributed by atoms with E-state index in [0.29, 0.717) is 5.59 Å². The Morgan fingerprint density at radius 1 is 1.50 bits per heavy atom. The van der Waals surface area contributed by atoms with Gasteiger partial charge in [0, 0.05) is 10.8 Å². The lowest BCUT2D eigenvalue weighted by Crippen LogP contribution is -2.13. The molecule has 0 unspecified atom stereocenters. The summed E-state index contributed by atoms with van der Waals surface area (Å²) in [7, 11) is 5.47. The Hall–Kier alpha value is -0.305. The van der Waals surface area contributed by atoms with E-state index >= 15 is 0 Å². The van der Waals surface area contributed by atoms with Gasteiger partial charge in [-0.1, -0.05) is 20.8 Å². The summed E-state index contributed by atoms with van der Waals surface area (Å²) in [5.74, 6) is 0. The summed E-state index contributed by atoms with van der Waals surface area (Å²) in [5, 5.41) is 2.98. The van der Waals surface area contributed by atoms with Crippen LogP contribution in [0.25, 0.3) is 0 Å². The fourth-order valence-electron chi connectivity index (χ4n) is 0.631. The van der Waals surface area contributed by atoms with Gasteiger partial charge in [-0.25, -0.2) is 0 Å². The van der Waals surface area contributed by atoms with Gasteiger partial charge in [0.15, 0.2) is 0 Å². The van der Waals surface area contributed by atoms with Gasteiger partial charge in [-0.15, -0.1) is 11.3 Å². The molecule has 0 bridgehead atoms. The van der Waals surface area contributed by atoms with E-state index in [4.69, 9.17) is 7.85 Å². The molecule has 3 heteroatoms. The summed E-state index contributed by atoms with van der Waals surface area (Å²) in [6.07, 6.45) is 0. The zero-order valence-corrected chi connectivity index (χ0v) is 7.33. The van der Waals surface area contributed by atoms with Crippen molar-refractivity contribution < 1.29 is 0 Å². The lowest BCUT2D eigenvalue weighted by molar-refractivity contribution is 0.586. The van der Waals surface area contributed by atoms with Gasteiger partial charge < -0.3 is 0 Å². The zero-order chi connectivity index (χ0) is 7.78. The standard InChI is InChI=1S/C7H10BNS/c1-7(2,3)6-9-5(8)4-10-6/h4H,1-3H3. The van der Waals surface area contributed by atoms with Crippen molar-refractivity contribution in [3.05, 3.63) is 10.4 Å². The predicted octanol–water partition coefficient (Wildman–Crippen LogP) is 1.23. The van der Waals surface area contributed by atoms with Gasteiger partial charge in [-0.05, 0) is 5.59 Å². The van der Waals surface area contributed by atoms with Crippen LogP contribution in [0.15, 0.2) is 5.38 Å². The number of hydrogen-bond acceptors (Lipinski definition) is 2. The van der Waals surface area contributed by atoms with Crippen LogP contribution in [-0.2, 0) is 5.41 Å². The van der Waals surface area contributed by atoms with E-state index in [1.54, 1.807) is 11.3 Å². The molecule has 0 saturated carbocycles. The normalized spacial score (nSPS) is 11.9. The highest BCUT2D eigenvalue weighted by molar-refractivity contribution is 7.10. The predicted molar refractivity (Wildman–Crippen MR) is 46.2 cm³/mol. The maximum atomic E-state index is 5.47. The van der Waals surface area contributed by atoms with Crippen LogP contribution in [0.1, 0.15) is 25.8 Å². The van der Waals surface area contributed by atoms with Crippen LogP contribution in [0.4, 0.5) is 0 Å². The van der Waals surface area contributed by atoms with Crippen molar-refractivity contribution in [2.75, 3.05) is 0 Å². The van der Waals surface area contributed by atoms with E-state index in [1.807, 2.05) is 5.38 Å². The Morgan fingerprint density at radius 2 is 2.10 bits per heavy atom. The Morgan fingerprint density at radius 3 is 2.30 bits per heavy atom. The molecule has 0 fully saturated rings. The smallest absolute Gasteiger partial charge is 0.142 e. The van der Waals surface area contributed by atoms with E-state index in [-0.39, 0.29) is 5.41 Å². The van der Waals surface area contributed by atoms with E-state index in [9.17, 15) is 0 Å². The Labute approximate surface area is 66.9 Å². The minimum atomic E-state index is 0.141. The average Bonchev–Trinajstić information content (AvgIpc) is 2.11. The van der Waals surface area contributed by atoms with Gasteiger partial charge in [-0.3, -0.25) is 4.98 Å². The topological polar surface area (TPSA) is 12.9 Å². The van der Waals surface area contributed by atoms with Crippen molar-refractivity contribution >= 4 is 24.8 Å². The fraction of sp³-hybridized carbons (Fsp3) is 0.571. The lowest BCUT2D eigenvalue weighted by atomic mass is 9.98. The van der Waals surface area contributed by atoms with Crippen LogP contribution < -0.4 is 5.59 Å². The van der Waals surface area contributed by atoms with Crippen LogP contribution in [0.5, 0.6) is 0 Å². The van der Waals surface area contributed by atoms with Crippen molar-refractivity contribution in [1.29, 1.82) is 0 Å². The summed E-state index contributed by atoms with van der Waals surface area (Å²) >= 11 is 1.62. The Kier molecular flexibility index (Phi) is 1.86. The first-order valence-corrected chi connectivity index (χ1v) is 4.09. The number of aromatic nitrogens is 1. The average molecular weight is 151 g/mol. The van der Waals surface area contributed by atoms with Gasteiger partial charge in [-0.2, -0.15) is 0 Å². The van der Waals surface area contributed by atoms with E-state index < -0.39 is 0 Å². The lowest BCUT2D eigenvalue weighted by Gasteiger charge is -2.13. The molecule has 0 spiro atoms. The third kappa shape index (κ3) is 1.60. The third-order valence-electron chi connectivity index (χ3n) is 1.16. The summed E-state index contributed by atoms with van der Waals surface area (Å²) in [5.41, 5.74) is 0.775.